The van der Waals surface area contributed by atoms with Crippen molar-refractivity contribution in [3.63, 3.8) is 0 Å². The maximum Gasteiger partial charge on any atom is 0.416 e. The summed E-state index contributed by atoms with van der Waals surface area (Å²) in [6.45, 7) is 3.26. The quantitative estimate of drug-likeness (QED) is 0.838. The molecule has 3 rings (SSSR count). The second-order valence-electron chi connectivity index (χ2n) is 6.69. The Morgan fingerprint density at radius 3 is 2.55 bits per heavy atom. The first-order valence-electron chi connectivity index (χ1n) is 8.70. The molecule has 0 fully saturated rings. The van der Waals surface area contributed by atoms with Crippen LogP contribution in [-0.4, -0.2) is 26.3 Å². The summed E-state index contributed by atoms with van der Waals surface area (Å²) in [4.78, 5) is 20.5. The van der Waals surface area contributed by atoms with Crippen LogP contribution in [0.5, 0.6) is 0 Å². The van der Waals surface area contributed by atoms with Crippen molar-refractivity contribution in [1.29, 1.82) is 5.26 Å². The van der Waals surface area contributed by atoms with Gasteiger partial charge in [-0.1, -0.05) is 18.2 Å². The lowest BCUT2D eigenvalue weighted by Crippen LogP contribution is -2.31. The fraction of sp³-hybridized carbons (Fsp3) is 0.300. The van der Waals surface area contributed by atoms with Crippen molar-refractivity contribution in [2.24, 2.45) is 10.9 Å². The van der Waals surface area contributed by atoms with Gasteiger partial charge in [0.25, 0.3) is 0 Å². The maximum absolute atomic E-state index is 13.6. The zero-order valence-electron chi connectivity index (χ0n) is 15.6. The number of aliphatic carboxylic acids is 1. The van der Waals surface area contributed by atoms with Crippen molar-refractivity contribution in [1.82, 2.24) is 9.55 Å². The molecule has 0 saturated carbocycles. The van der Waals surface area contributed by atoms with E-state index in [9.17, 15) is 28.3 Å². The van der Waals surface area contributed by atoms with Crippen LogP contribution in [0.3, 0.4) is 0 Å². The Labute approximate surface area is 164 Å². The molecule has 150 valence electrons. The SMILES string of the molecule is CC1=NC(Cn2ccnc2C)=C(C(=O)O)C(c2ccccc2C(F)(F)F)C1C#N. The van der Waals surface area contributed by atoms with Crippen LogP contribution < -0.4 is 0 Å². The lowest BCUT2D eigenvalue weighted by atomic mass is 9.74. The Bertz CT molecular complexity index is 1060. The topological polar surface area (TPSA) is 91.3 Å². The molecular weight excluding hydrogens is 385 g/mol. The van der Waals surface area contributed by atoms with Crippen LogP contribution in [0.4, 0.5) is 13.2 Å². The number of aryl methyl sites for hydroxylation is 1. The molecule has 2 aromatic rings. The van der Waals surface area contributed by atoms with Crippen molar-refractivity contribution in [3.8, 4) is 6.07 Å². The van der Waals surface area contributed by atoms with Crippen molar-refractivity contribution in [2.45, 2.75) is 32.5 Å². The predicted molar refractivity (Wildman–Crippen MR) is 98.0 cm³/mol. The first-order chi connectivity index (χ1) is 13.6. The highest BCUT2D eigenvalue weighted by molar-refractivity contribution is 5.97. The summed E-state index contributed by atoms with van der Waals surface area (Å²) in [5.41, 5.74) is -1.15. The number of nitrogens with zero attached hydrogens (tertiary/aromatic N) is 4. The number of halogens is 3. The standard InChI is InChI=1S/C20H17F3N4O2/c1-11-14(9-24)17(13-5-3-4-6-15(13)20(21,22)23)18(19(28)29)16(26-11)10-27-8-7-25-12(27)2/h3-8,14,17H,10H2,1-2H3,(H,28,29). The number of carbonyl (C=O) groups is 1. The van der Waals surface area contributed by atoms with E-state index in [0.29, 0.717) is 5.82 Å². The van der Waals surface area contributed by atoms with E-state index >= 15 is 0 Å². The van der Waals surface area contributed by atoms with Crippen LogP contribution in [0.15, 0.2) is 52.9 Å². The summed E-state index contributed by atoms with van der Waals surface area (Å²) >= 11 is 0. The normalized spacial score (nSPS) is 19.7. The number of benzene rings is 1. The van der Waals surface area contributed by atoms with Crippen LogP contribution in [-0.2, 0) is 17.5 Å². The number of allylic oxidation sites excluding steroid dienone is 1. The minimum absolute atomic E-state index is 0.0215. The molecule has 9 heteroatoms. The summed E-state index contributed by atoms with van der Waals surface area (Å²) < 4.78 is 42.5. The highest BCUT2D eigenvalue weighted by Gasteiger charge is 2.43. The molecule has 1 aromatic heterocycles. The number of aliphatic imine (C=N–C) groups is 1. The number of rotatable bonds is 4. The van der Waals surface area contributed by atoms with Crippen LogP contribution in [0.25, 0.3) is 0 Å². The van der Waals surface area contributed by atoms with Gasteiger partial charge in [-0.25, -0.2) is 9.78 Å². The zero-order valence-corrected chi connectivity index (χ0v) is 15.6. The molecule has 0 amide bonds. The number of aromatic nitrogens is 2. The Balaban J connectivity index is 2.26. The van der Waals surface area contributed by atoms with E-state index in [0.717, 1.165) is 6.07 Å². The molecule has 2 heterocycles. The number of imidazole rings is 1. The molecule has 0 radical (unpaired) electrons. The van der Waals surface area contributed by atoms with Crippen LogP contribution >= 0.6 is 0 Å². The molecule has 2 atom stereocenters. The second kappa shape index (κ2) is 7.54. The smallest absolute Gasteiger partial charge is 0.416 e. The lowest BCUT2D eigenvalue weighted by Gasteiger charge is -2.30. The number of hydrogen-bond acceptors (Lipinski definition) is 4. The Hall–Kier alpha value is -3.41. The van der Waals surface area contributed by atoms with Gasteiger partial charge in [0.05, 0.1) is 35.4 Å². The largest absolute Gasteiger partial charge is 0.478 e. The molecule has 1 aliphatic rings. The average Bonchev–Trinajstić information content (AvgIpc) is 3.05. The summed E-state index contributed by atoms with van der Waals surface area (Å²) in [6, 6.07) is 6.69. The number of carboxylic acid groups (broad SMARTS) is 1. The molecular formula is C20H17F3N4O2. The van der Waals surface area contributed by atoms with E-state index in [1.165, 1.54) is 31.3 Å². The van der Waals surface area contributed by atoms with Gasteiger partial charge in [-0.2, -0.15) is 18.4 Å². The highest BCUT2D eigenvalue weighted by atomic mass is 19.4. The molecule has 29 heavy (non-hydrogen) atoms. The number of nitriles is 1. The Kier molecular flexibility index (Phi) is 5.29. The first kappa shape index (κ1) is 20.3. The van der Waals surface area contributed by atoms with Gasteiger partial charge in [0.15, 0.2) is 0 Å². The Morgan fingerprint density at radius 1 is 1.31 bits per heavy atom. The van der Waals surface area contributed by atoms with Gasteiger partial charge in [0.1, 0.15) is 5.82 Å². The van der Waals surface area contributed by atoms with E-state index in [2.05, 4.69) is 9.98 Å². The highest BCUT2D eigenvalue weighted by Crippen LogP contribution is 2.44. The zero-order chi connectivity index (χ0) is 21.3. The minimum atomic E-state index is -4.69. The third kappa shape index (κ3) is 3.78. The van der Waals surface area contributed by atoms with Crippen LogP contribution in [0.2, 0.25) is 0 Å². The van der Waals surface area contributed by atoms with E-state index in [1.807, 2.05) is 6.07 Å². The summed E-state index contributed by atoms with van der Waals surface area (Å²) in [5, 5.41) is 19.5. The molecule has 1 aromatic carbocycles. The van der Waals surface area contributed by atoms with Crippen molar-refractivity contribution in [3.05, 3.63) is 64.9 Å². The van der Waals surface area contributed by atoms with Gasteiger partial charge >= 0.3 is 12.1 Å². The fourth-order valence-corrected chi connectivity index (χ4v) is 3.57. The number of carboxylic acids is 1. The van der Waals surface area contributed by atoms with Gasteiger partial charge in [0, 0.05) is 24.0 Å². The summed E-state index contributed by atoms with van der Waals surface area (Å²) in [7, 11) is 0. The second-order valence-corrected chi connectivity index (χ2v) is 6.69. The van der Waals surface area contributed by atoms with Crippen molar-refractivity contribution < 1.29 is 23.1 Å². The third-order valence-corrected chi connectivity index (χ3v) is 4.93. The average molecular weight is 402 g/mol. The molecule has 1 N–H and O–H groups in total. The van der Waals surface area contributed by atoms with Gasteiger partial charge < -0.3 is 9.67 Å². The summed E-state index contributed by atoms with van der Waals surface area (Å²) in [5.74, 6) is -3.23. The number of alkyl halides is 3. The van der Waals surface area contributed by atoms with Gasteiger partial charge in [-0.05, 0) is 25.5 Å². The van der Waals surface area contributed by atoms with E-state index in [-0.39, 0.29) is 29.1 Å². The van der Waals surface area contributed by atoms with Crippen molar-refractivity contribution in [2.75, 3.05) is 0 Å². The third-order valence-electron chi connectivity index (χ3n) is 4.93. The molecule has 0 spiro atoms. The van der Waals surface area contributed by atoms with Crippen LogP contribution in [0, 0.1) is 24.2 Å². The fourth-order valence-electron chi connectivity index (χ4n) is 3.57. The van der Waals surface area contributed by atoms with Crippen molar-refractivity contribution >= 4 is 11.7 Å². The maximum atomic E-state index is 13.6. The molecule has 0 aliphatic carbocycles. The molecule has 6 nitrogen and oxygen atoms in total. The number of hydrogen-bond donors (Lipinski definition) is 1. The van der Waals surface area contributed by atoms with Gasteiger partial charge in [-0.3, -0.25) is 4.99 Å². The van der Waals surface area contributed by atoms with Gasteiger partial charge in [0.2, 0.25) is 0 Å². The van der Waals surface area contributed by atoms with Gasteiger partial charge in [-0.15, -0.1) is 0 Å². The molecule has 0 bridgehead atoms. The monoisotopic (exact) mass is 402 g/mol. The first-order valence-corrected chi connectivity index (χ1v) is 8.70. The Morgan fingerprint density at radius 2 is 2.00 bits per heavy atom. The molecule has 2 unspecified atom stereocenters. The lowest BCUT2D eigenvalue weighted by molar-refractivity contribution is -0.139. The molecule has 0 saturated heterocycles. The summed E-state index contributed by atoms with van der Waals surface area (Å²) in [6.07, 6.45) is -1.53. The predicted octanol–water partition coefficient (Wildman–Crippen LogP) is 3.95. The minimum Gasteiger partial charge on any atom is -0.478 e. The van der Waals surface area contributed by atoms with Crippen LogP contribution in [0.1, 0.15) is 29.8 Å². The van der Waals surface area contributed by atoms with E-state index in [1.54, 1.807) is 17.7 Å². The van der Waals surface area contributed by atoms with E-state index < -0.39 is 29.5 Å². The van der Waals surface area contributed by atoms with E-state index in [4.69, 9.17) is 0 Å². The molecule has 1 aliphatic heterocycles.